The van der Waals surface area contributed by atoms with E-state index in [1.807, 2.05) is 24.4 Å². The van der Waals surface area contributed by atoms with Gasteiger partial charge in [-0.15, -0.1) is 11.8 Å². The highest BCUT2D eigenvalue weighted by Gasteiger charge is 1.90. The van der Waals surface area contributed by atoms with Gasteiger partial charge in [0.1, 0.15) is 0 Å². The number of hydrogen-bond acceptors (Lipinski definition) is 2. The molecule has 1 aromatic heterocycles. The summed E-state index contributed by atoms with van der Waals surface area (Å²) in [7, 11) is 0. The average Bonchev–Trinajstić information content (AvgIpc) is 2.03. The Hall–Kier alpha value is -0.250. The van der Waals surface area contributed by atoms with Crippen LogP contribution in [0.2, 0.25) is 0 Å². The van der Waals surface area contributed by atoms with Gasteiger partial charge in [0.05, 0.1) is 11.6 Å². The van der Waals surface area contributed by atoms with Crippen molar-refractivity contribution in [1.82, 2.24) is 4.98 Å². The molecule has 0 aliphatic heterocycles. The lowest BCUT2D eigenvalue weighted by Crippen LogP contribution is -3.00. The summed E-state index contributed by atoms with van der Waals surface area (Å²) in [4.78, 5) is 4.15. The van der Waals surface area contributed by atoms with Crippen LogP contribution in [0.1, 0.15) is 0 Å². The molecule has 2 nitrogen and oxygen atoms in total. The number of hydrogen-bond donors (Lipinski definition) is 1. The summed E-state index contributed by atoms with van der Waals surface area (Å²) in [5.41, 5.74) is 3.75. The second-order valence-electron chi connectivity index (χ2n) is 1.87. The van der Waals surface area contributed by atoms with Crippen molar-refractivity contribution >= 4 is 11.8 Å². The lowest BCUT2D eigenvalue weighted by atomic mass is 10.5. The number of halogens is 1. The summed E-state index contributed by atoms with van der Waals surface area (Å²) in [6, 6.07) is 5.94. The monoisotopic (exact) mass is 190 g/mol. The SMILES string of the molecule is [Cl-].[NH3+]CCSc1ccccn1. The summed E-state index contributed by atoms with van der Waals surface area (Å²) in [5.74, 6) is 1.05. The van der Waals surface area contributed by atoms with E-state index < -0.39 is 0 Å². The predicted molar refractivity (Wildman–Crippen MR) is 42.7 cm³/mol. The highest BCUT2D eigenvalue weighted by Crippen LogP contribution is 2.11. The molecule has 0 spiro atoms. The second-order valence-corrected chi connectivity index (χ2v) is 2.99. The third-order valence-corrected chi connectivity index (χ3v) is 2.06. The van der Waals surface area contributed by atoms with Crippen LogP contribution in [-0.4, -0.2) is 17.3 Å². The van der Waals surface area contributed by atoms with Crippen LogP contribution in [0, 0.1) is 0 Å². The van der Waals surface area contributed by atoms with Gasteiger partial charge in [0.15, 0.2) is 0 Å². The van der Waals surface area contributed by atoms with Crippen molar-refractivity contribution in [1.29, 1.82) is 0 Å². The Labute approximate surface area is 77.0 Å². The maximum atomic E-state index is 4.15. The van der Waals surface area contributed by atoms with Crippen LogP contribution in [0.25, 0.3) is 0 Å². The van der Waals surface area contributed by atoms with Crippen molar-refractivity contribution in [2.24, 2.45) is 0 Å². The standard InChI is InChI=1S/C7H10N2S.ClH/c8-4-6-10-7-3-1-2-5-9-7;/h1-3,5H,4,6,8H2;1H. The molecular formula is C7H11ClN2S. The van der Waals surface area contributed by atoms with E-state index in [9.17, 15) is 0 Å². The minimum Gasteiger partial charge on any atom is -1.00 e. The Balaban J connectivity index is 0.000001000. The largest absolute Gasteiger partial charge is 1.00 e. The van der Waals surface area contributed by atoms with Crippen molar-refractivity contribution in [3.05, 3.63) is 24.4 Å². The van der Waals surface area contributed by atoms with Gasteiger partial charge in [-0.2, -0.15) is 0 Å². The van der Waals surface area contributed by atoms with E-state index in [4.69, 9.17) is 0 Å². The van der Waals surface area contributed by atoms with Gasteiger partial charge in [0.2, 0.25) is 0 Å². The maximum Gasteiger partial charge on any atom is 0.0961 e. The van der Waals surface area contributed by atoms with E-state index in [0.717, 1.165) is 17.3 Å². The predicted octanol–water partition coefficient (Wildman–Crippen LogP) is -2.58. The molecule has 1 rings (SSSR count). The van der Waals surface area contributed by atoms with Gasteiger partial charge in [-0.05, 0) is 12.1 Å². The molecule has 4 heteroatoms. The molecule has 0 unspecified atom stereocenters. The Morgan fingerprint density at radius 3 is 2.82 bits per heavy atom. The smallest absolute Gasteiger partial charge is 0.0961 e. The lowest BCUT2D eigenvalue weighted by Gasteiger charge is -1.93. The highest BCUT2D eigenvalue weighted by molar-refractivity contribution is 7.99. The molecule has 0 saturated carbocycles. The van der Waals surface area contributed by atoms with Crippen LogP contribution >= 0.6 is 11.8 Å². The summed E-state index contributed by atoms with van der Waals surface area (Å²) < 4.78 is 0. The molecule has 62 valence electrons. The fourth-order valence-electron chi connectivity index (χ4n) is 0.609. The van der Waals surface area contributed by atoms with Gasteiger partial charge in [-0.3, -0.25) is 0 Å². The lowest BCUT2D eigenvalue weighted by molar-refractivity contribution is -0.360. The van der Waals surface area contributed by atoms with E-state index in [1.54, 1.807) is 11.8 Å². The van der Waals surface area contributed by atoms with Crippen molar-refractivity contribution in [3.63, 3.8) is 0 Å². The Morgan fingerprint density at radius 2 is 2.27 bits per heavy atom. The molecule has 0 saturated heterocycles. The Bertz CT molecular complexity index is 181. The summed E-state index contributed by atoms with van der Waals surface area (Å²) in [5, 5.41) is 1.09. The zero-order valence-corrected chi connectivity index (χ0v) is 7.74. The van der Waals surface area contributed by atoms with Gasteiger partial charge >= 0.3 is 0 Å². The van der Waals surface area contributed by atoms with Crippen LogP contribution in [0.5, 0.6) is 0 Å². The zero-order valence-electron chi connectivity index (χ0n) is 6.16. The molecular weight excluding hydrogens is 180 g/mol. The molecule has 0 fully saturated rings. The molecule has 0 radical (unpaired) electrons. The summed E-state index contributed by atoms with van der Waals surface area (Å²) >= 11 is 1.75. The molecule has 1 aromatic rings. The van der Waals surface area contributed by atoms with Gasteiger partial charge in [-0.1, -0.05) is 6.07 Å². The molecule has 0 aromatic carbocycles. The van der Waals surface area contributed by atoms with Gasteiger partial charge < -0.3 is 18.1 Å². The van der Waals surface area contributed by atoms with Gasteiger partial charge in [0.25, 0.3) is 0 Å². The molecule has 0 aliphatic rings. The first-order valence-electron chi connectivity index (χ1n) is 3.26. The van der Waals surface area contributed by atoms with Crippen LogP contribution in [0.15, 0.2) is 29.4 Å². The molecule has 0 aliphatic carbocycles. The normalized spacial score (nSPS) is 8.82. The number of aromatic nitrogens is 1. The van der Waals surface area contributed by atoms with Crippen molar-refractivity contribution in [3.8, 4) is 0 Å². The number of thioether (sulfide) groups is 1. The first-order valence-corrected chi connectivity index (χ1v) is 4.25. The molecule has 0 bridgehead atoms. The highest BCUT2D eigenvalue weighted by atomic mass is 35.5. The third kappa shape index (κ3) is 4.24. The molecule has 1 heterocycles. The molecule has 0 atom stereocenters. The van der Waals surface area contributed by atoms with Crippen molar-refractivity contribution in [2.45, 2.75) is 5.03 Å². The van der Waals surface area contributed by atoms with Gasteiger partial charge in [-0.25, -0.2) is 4.98 Å². The molecule has 11 heavy (non-hydrogen) atoms. The van der Waals surface area contributed by atoms with Crippen molar-refractivity contribution < 1.29 is 18.1 Å². The number of pyridine rings is 1. The quantitative estimate of drug-likeness (QED) is 0.532. The topological polar surface area (TPSA) is 40.5 Å². The first-order chi connectivity index (χ1) is 4.93. The fraction of sp³-hybridized carbons (Fsp3) is 0.286. The van der Waals surface area contributed by atoms with Crippen LogP contribution in [0.4, 0.5) is 0 Å². The van der Waals surface area contributed by atoms with E-state index in [0.29, 0.717) is 0 Å². The van der Waals surface area contributed by atoms with Crippen LogP contribution in [-0.2, 0) is 0 Å². The zero-order chi connectivity index (χ0) is 7.23. The summed E-state index contributed by atoms with van der Waals surface area (Å²) in [6.07, 6.45) is 1.81. The fourth-order valence-corrected chi connectivity index (χ4v) is 1.27. The minimum atomic E-state index is 0. The number of quaternary nitrogens is 1. The maximum absolute atomic E-state index is 4.15. The third-order valence-electron chi connectivity index (χ3n) is 1.03. The first kappa shape index (κ1) is 10.8. The Morgan fingerprint density at radius 1 is 1.45 bits per heavy atom. The molecule has 0 amide bonds. The number of nitrogens with zero attached hydrogens (tertiary/aromatic N) is 1. The van der Waals surface area contributed by atoms with E-state index in [-0.39, 0.29) is 12.4 Å². The summed E-state index contributed by atoms with van der Waals surface area (Å²) in [6.45, 7) is 0.960. The Kier molecular flexibility index (Phi) is 6.31. The van der Waals surface area contributed by atoms with E-state index >= 15 is 0 Å². The second kappa shape index (κ2) is 6.46. The molecule has 3 N–H and O–H groups in total. The van der Waals surface area contributed by atoms with E-state index in [1.165, 1.54) is 0 Å². The van der Waals surface area contributed by atoms with Crippen LogP contribution in [0.3, 0.4) is 0 Å². The van der Waals surface area contributed by atoms with Crippen molar-refractivity contribution in [2.75, 3.05) is 12.3 Å². The minimum absolute atomic E-state index is 0. The van der Waals surface area contributed by atoms with Crippen LogP contribution < -0.4 is 18.1 Å². The average molecular weight is 191 g/mol. The van der Waals surface area contributed by atoms with Gasteiger partial charge in [0, 0.05) is 11.9 Å². The van der Waals surface area contributed by atoms with E-state index in [2.05, 4.69) is 10.7 Å². The number of rotatable bonds is 3.